The van der Waals surface area contributed by atoms with Crippen molar-refractivity contribution >= 4 is 36.4 Å². The molecule has 0 aromatic heterocycles. The van der Waals surface area contributed by atoms with Crippen molar-refractivity contribution in [1.82, 2.24) is 10.2 Å². The van der Waals surface area contributed by atoms with E-state index in [1.807, 2.05) is 0 Å². The van der Waals surface area contributed by atoms with Gasteiger partial charge < -0.3 is 10.4 Å². The molecule has 0 amide bonds. The van der Waals surface area contributed by atoms with Crippen molar-refractivity contribution < 1.29 is 9.50 Å². The lowest BCUT2D eigenvalue weighted by atomic mass is 10.0. The normalized spacial score (nSPS) is 16.7. The molecule has 1 aliphatic heterocycles. The van der Waals surface area contributed by atoms with E-state index < -0.39 is 5.82 Å². The summed E-state index contributed by atoms with van der Waals surface area (Å²) in [5.41, 5.74) is 0.208. The zero-order chi connectivity index (χ0) is 13.1. The topological polar surface area (TPSA) is 35.5 Å². The Labute approximate surface area is 135 Å². The second-order valence-electron chi connectivity index (χ2n) is 4.26. The maximum atomic E-state index is 13.9. The number of hydrogen-bond donors (Lipinski definition) is 2. The summed E-state index contributed by atoms with van der Waals surface area (Å²) in [5.74, 6) is -0.652. The van der Waals surface area contributed by atoms with Crippen LogP contribution in [0.4, 0.5) is 4.39 Å². The van der Waals surface area contributed by atoms with Crippen molar-refractivity contribution in [2.24, 2.45) is 0 Å². The standard InChI is InChI=1S/C13H16ClFN2O.2ClH/c1-2-11(17-7-5-16-6-8-17)12-10(15)4-3-9(14)13(12)18;;/h2-4,11,16,18H,1,5-8H2;2*1H/t11-;;/m0../s1. The number of hydrogen-bond acceptors (Lipinski definition) is 3. The highest BCUT2D eigenvalue weighted by atomic mass is 35.5. The van der Waals surface area contributed by atoms with E-state index in [1.54, 1.807) is 6.08 Å². The van der Waals surface area contributed by atoms with Crippen LogP contribution in [0.3, 0.4) is 0 Å². The third-order valence-electron chi connectivity index (χ3n) is 3.18. The molecule has 7 heteroatoms. The van der Waals surface area contributed by atoms with Crippen molar-refractivity contribution in [3.05, 3.63) is 41.2 Å². The van der Waals surface area contributed by atoms with Gasteiger partial charge in [-0.2, -0.15) is 0 Å². The Balaban J connectivity index is 0.00000180. The predicted octanol–water partition coefficient (Wildman–Crippen LogP) is 3.16. The van der Waals surface area contributed by atoms with Gasteiger partial charge in [-0.1, -0.05) is 17.7 Å². The summed E-state index contributed by atoms with van der Waals surface area (Å²) in [7, 11) is 0. The average Bonchev–Trinajstić information content (AvgIpc) is 2.40. The van der Waals surface area contributed by atoms with Crippen molar-refractivity contribution in [2.45, 2.75) is 6.04 Å². The molecule has 0 aliphatic carbocycles. The van der Waals surface area contributed by atoms with Crippen LogP contribution in [0.1, 0.15) is 11.6 Å². The van der Waals surface area contributed by atoms with Crippen LogP contribution in [-0.4, -0.2) is 36.2 Å². The fourth-order valence-corrected chi connectivity index (χ4v) is 2.41. The highest BCUT2D eigenvalue weighted by Crippen LogP contribution is 2.36. The molecule has 0 radical (unpaired) electrons. The van der Waals surface area contributed by atoms with Crippen molar-refractivity contribution in [3.63, 3.8) is 0 Å². The molecule has 3 nitrogen and oxygen atoms in total. The summed E-state index contributed by atoms with van der Waals surface area (Å²) >= 11 is 5.84. The first-order valence-electron chi connectivity index (χ1n) is 5.89. The van der Waals surface area contributed by atoms with Gasteiger partial charge >= 0.3 is 0 Å². The van der Waals surface area contributed by atoms with Crippen molar-refractivity contribution in [2.75, 3.05) is 26.2 Å². The zero-order valence-electron chi connectivity index (χ0n) is 10.8. The minimum Gasteiger partial charge on any atom is -0.506 e. The lowest BCUT2D eigenvalue weighted by Crippen LogP contribution is -2.44. The van der Waals surface area contributed by atoms with Crippen LogP contribution < -0.4 is 5.32 Å². The van der Waals surface area contributed by atoms with Crippen LogP contribution >= 0.6 is 36.4 Å². The van der Waals surface area contributed by atoms with Gasteiger partial charge in [-0.3, -0.25) is 4.90 Å². The third kappa shape index (κ3) is 3.99. The first kappa shape index (κ1) is 19.5. The Hall–Kier alpha value is -0.520. The highest BCUT2D eigenvalue weighted by Gasteiger charge is 2.25. The number of phenolic OH excluding ortho intramolecular Hbond substituents is 1. The van der Waals surface area contributed by atoms with Gasteiger partial charge in [0.2, 0.25) is 0 Å². The van der Waals surface area contributed by atoms with E-state index >= 15 is 0 Å². The number of nitrogens with one attached hydrogen (secondary N) is 1. The average molecular weight is 344 g/mol. The van der Waals surface area contributed by atoms with Gasteiger partial charge in [-0.25, -0.2) is 4.39 Å². The largest absolute Gasteiger partial charge is 0.506 e. The number of benzene rings is 1. The van der Waals surface area contributed by atoms with Gasteiger partial charge in [-0.15, -0.1) is 31.4 Å². The van der Waals surface area contributed by atoms with E-state index in [0.29, 0.717) is 0 Å². The number of phenols is 1. The number of aromatic hydroxyl groups is 1. The first-order valence-corrected chi connectivity index (χ1v) is 6.27. The molecule has 0 saturated carbocycles. The first-order chi connectivity index (χ1) is 8.65. The van der Waals surface area contributed by atoms with Crippen LogP contribution in [0.15, 0.2) is 24.8 Å². The summed E-state index contributed by atoms with van der Waals surface area (Å²) in [6.07, 6.45) is 1.64. The molecule has 1 heterocycles. The number of nitrogens with zero attached hydrogens (tertiary/aromatic N) is 1. The van der Waals surface area contributed by atoms with Gasteiger partial charge in [-0.05, 0) is 12.1 Å². The molecule has 0 bridgehead atoms. The van der Waals surface area contributed by atoms with Gasteiger partial charge in [0.15, 0.2) is 0 Å². The Morgan fingerprint density at radius 1 is 1.35 bits per heavy atom. The second kappa shape index (κ2) is 8.70. The molecule has 2 N–H and O–H groups in total. The van der Waals surface area contributed by atoms with Gasteiger partial charge in [0.25, 0.3) is 0 Å². The Kier molecular flexibility index (Phi) is 8.47. The lowest BCUT2D eigenvalue weighted by molar-refractivity contribution is 0.197. The van der Waals surface area contributed by atoms with E-state index in [0.717, 1.165) is 26.2 Å². The van der Waals surface area contributed by atoms with Crippen molar-refractivity contribution in [3.8, 4) is 5.75 Å². The molecule has 114 valence electrons. The summed E-state index contributed by atoms with van der Waals surface area (Å²) < 4.78 is 13.9. The molecule has 1 saturated heterocycles. The van der Waals surface area contributed by atoms with Crippen LogP contribution in [0.2, 0.25) is 5.02 Å². The van der Waals surface area contributed by atoms with Crippen LogP contribution in [-0.2, 0) is 0 Å². The molecular formula is C13H18Cl3FN2O. The van der Waals surface area contributed by atoms with E-state index in [4.69, 9.17) is 11.6 Å². The van der Waals surface area contributed by atoms with Crippen LogP contribution in [0, 0.1) is 5.82 Å². The van der Waals surface area contributed by atoms with E-state index in [1.165, 1.54) is 12.1 Å². The number of halogens is 4. The van der Waals surface area contributed by atoms with Gasteiger partial charge in [0.1, 0.15) is 11.6 Å². The molecule has 0 unspecified atom stereocenters. The summed E-state index contributed by atoms with van der Waals surface area (Å²) in [6.45, 7) is 6.98. The fourth-order valence-electron chi connectivity index (χ4n) is 2.25. The Morgan fingerprint density at radius 3 is 2.50 bits per heavy atom. The molecule has 1 atom stereocenters. The number of rotatable bonds is 3. The smallest absolute Gasteiger partial charge is 0.142 e. The zero-order valence-corrected chi connectivity index (χ0v) is 13.2. The molecule has 1 aromatic rings. The van der Waals surface area contributed by atoms with E-state index in [9.17, 15) is 9.50 Å². The van der Waals surface area contributed by atoms with E-state index in [-0.39, 0.29) is 47.2 Å². The molecule has 20 heavy (non-hydrogen) atoms. The molecule has 2 rings (SSSR count). The molecule has 0 spiro atoms. The monoisotopic (exact) mass is 342 g/mol. The predicted molar refractivity (Wildman–Crippen MR) is 85.0 cm³/mol. The van der Waals surface area contributed by atoms with Crippen molar-refractivity contribution in [1.29, 1.82) is 0 Å². The third-order valence-corrected chi connectivity index (χ3v) is 3.48. The number of piperazine rings is 1. The minimum absolute atomic E-state index is 0. The van der Waals surface area contributed by atoms with Gasteiger partial charge in [0.05, 0.1) is 16.6 Å². The van der Waals surface area contributed by atoms with Crippen LogP contribution in [0.5, 0.6) is 5.75 Å². The molecule has 1 aromatic carbocycles. The summed E-state index contributed by atoms with van der Waals surface area (Å²) in [6, 6.07) is 2.27. The van der Waals surface area contributed by atoms with E-state index in [2.05, 4.69) is 16.8 Å². The highest BCUT2D eigenvalue weighted by molar-refractivity contribution is 6.32. The Morgan fingerprint density at radius 2 is 1.95 bits per heavy atom. The minimum atomic E-state index is -0.458. The SMILES string of the molecule is C=C[C@@H](c1c(F)ccc(Cl)c1O)N1CCNCC1.Cl.Cl. The van der Waals surface area contributed by atoms with Crippen LogP contribution in [0.25, 0.3) is 0 Å². The molecule has 1 fully saturated rings. The fraction of sp³-hybridized carbons (Fsp3) is 0.385. The summed E-state index contributed by atoms with van der Waals surface area (Å²) in [4.78, 5) is 2.07. The maximum Gasteiger partial charge on any atom is 0.142 e. The van der Waals surface area contributed by atoms with Gasteiger partial charge in [0, 0.05) is 26.2 Å². The quantitative estimate of drug-likeness (QED) is 0.828. The summed E-state index contributed by atoms with van der Waals surface area (Å²) in [5, 5.41) is 13.3. The lowest BCUT2D eigenvalue weighted by Gasteiger charge is -2.33. The Bertz CT molecular complexity index is 453. The molecular weight excluding hydrogens is 326 g/mol. The second-order valence-corrected chi connectivity index (χ2v) is 4.67. The molecule has 1 aliphatic rings. The maximum absolute atomic E-state index is 13.9.